The number of nitrogens with one attached hydrogen (secondary N) is 2. The molecule has 1 saturated carbocycles. The summed E-state index contributed by atoms with van der Waals surface area (Å²) in [7, 11) is 0. The van der Waals surface area contributed by atoms with Crippen molar-refractivity contribution in [2.24, 2.45) is 0 Å². The highest BCUT2D eigenvalue weighted by molar-refractivity contribution is 5.99. The fourth-order valence-electron chi connectivity index (χ4n) is 3.91. The van der Waals surface area contributed by atoms with Crippen molar-refractivity contribution < 1.29 is 14.3 Å². The number of amides is 2. The third-order valence-electron chi connectivity index (χ3n) is 5.41. The lowest BCUT2D eigenvalue weighted by atomic mass is 9.84. The minimum atomic E-state index is -0.635. The first kappa shape index (κ1) is 21.5. The summed E-state index contributed by atoms with van der Waals surface area (Å²) in [6.07, 6.45) is 6.07. The van der Waals surface area contributed by atoms with Crippen molar-refractivity contribution in [3.8, 4) is 0 Å². The van der Waals surface area contributed by atoms with Crippen LogP contribution in [0.15, 0.2) is 36.4 Å². The standard InChI is InChI=1S/C23H30N4O3/c1-2-30-23(29)27-22-19(24)13-18(14-20(22)25)26-21(28)12-15-8-10-17(11-9-15)16-6-4-3-5-7-16/h8-11,13-14,16H,2-7,12,24-25H2,1H3,(H,26,28)(H,27,29). The average molecular weight is 411 g/mol. The van der Waals surface area contributed by atoms with Gasteiger partial charge in [0.25, 0.3) is 0 Å². The number of carbonyl (C=O) groups is 2. The van der Waals surface area contributed by atoms with E-state index in [1.807, 2.05) is 12.1 Å². The second-order valence-corrected chi connectivity index (χ2v) is 7.68. The molecule has 2 amide bonds. The van der Waals surface area contributed by atoms with E-state index in [2.05, 4.69) is 22.8 Å². The summed E-state index contributed by atoms with van der Waals surface area (Å²) in [6.45, 7) is 1.94. The molecule has 0 aliphatic heterocycles. The highest BCUT2D eigenvalue weighted by atomic mass is 16.5. The smallest absolute Gasteiger partial charge is 0.411 e. The zero-order chi connectivity index (χ0) is 21.5. The molecular formula is C23H30N4O3. The van der Waals surface area contributed by atoms with Crippen LogP contribution in [0.4, 0.5) is 27.5 Å². The summed E-state index contributed by atoms with van der Waals surface area (Å²) in [5, 5.41) is 5.32. The van der Waals surface area contributed by atoms with Crippen molar-refractivity contribution in [1.82, 2.24) is 0 Å². The molecule has 160 valence electrons. The van der Waals surface area contributed by atoms with Crippen molar-refractivity contribution in [2.45, 2.75) is 51.4 Å². The number of hydrogen-bond donors (Lipinski definition) is 4. The van der Waals surface area contributed by atoms with Gasteiger partial charge in [0.15, 0.2) is 0 Å². The predicted molar refractivity (Wildman–Crippen MR) is 121 cm³/mol. The van der Waals surface area contributed by atoms with Crippen LogP contribution in [0.25, 0.3) is 0 Å². The monoisotopic (exact) mass is 410 g/mol. The van der Waals surface area contributed by atoms with Gasteiger partial charge in [0.2, 0.25) is 5.91 Å². The first-order chi connectivity index (χ1) is 14.5. The molecule has 0 spiro atoms. The number of rotatable bonds is 6. The van der Waals surface area contributed by atoms with Gasteiger partial charge < -0.3 is 21.5 Å². The third kappa shape index (κ3) is 5.65. The summed E-state index contributed by atoms with van der Waals surface area (Å²) in [5.41, 5.74) is 15.5. The molecule has 7 nitrogen and oxygen atoms in total. The van der Waals surface area contributed by atoms with Crippen LogP contribution in [0.1, 0.15) is 56.1 Å². The highest BCUT2D eigenvalue weighted by Crippen LogP contribution is 2.33. The van der Waals surface area contributed by atoms with Crippen molar-refractivity contribution in [3.05, 3.63) is 47.5 Å². The summed E-state index contributed by atoms with van der Waals surface area (Å²) in [5.74, 6) is 0.486. The summed E-state index contributed by atoms with van der Waals surface area (Å²) < 4.78 is 4.83. The lowest BCUT2D eigenvalue weighted by molar-refractivity contribution is -0.115. The van der Waals surface area contributed by atoms with Gasteiger partial charge in [-0.1, -0.05) is 43.5 Å². The Bertz CT molecular complexity index is 867. The Hall–Kier alpha value is -3.22. The second-order valence-electron chi connectivity index (χ2n) is 7.68. The molecule has 0 heterocycles. The lowest BCUT2D eigenvalue weighted by Gasteiger charge is -2.22. The van der Waals surface area contributed by atoms with Crippen molar-refractivity contribution in [3.63, 3.8) is 0 Å². The van der Waals surface area contributed by atoms with Gasteiger partial charge in [-0.2, -0.15) is 0 Å². The molecule has 0 aromatic heterocycles. The maximum atomic E-state index is 12.5. The van der Waals surface area contributed by atoms with Crippen LogP contribution in [0, 0.1) is 0 Å². The van der Waals surface area contributed by atoms with Gasteiger partial charge in [-0.3, -0.25) is 10.1 Å². The number of carbonyl (C=O) groups excluding carboxylic acids is 2. The number of benzene rings is 2. The van der Waals surface area contributed by atoms with E-state index in [-0.39, 0.29) is 36.0 Å². The van der Waals surface area contributed by atoms with Gasteiger partial charge in [0, 0.05) is 5.69 Å². The summed E-state index contributed by atoms with van der Waals surface area (Å²) >= 11 is 0. The van der Waals surface area contributed by atoms with Gasteiger partial charge >= 0.3 is 6.09 Å². The zero-order valence-corrected chi connectivity index (χ0v) is 17.4. The van der Waals surface area contributed by atoms with E-state index in [0.717, 1.165) is 5.56 Å². The van der Waals surface area contributed by atoms with Gasteiger partial charge in [0.05, 0.1) is 30.1 Å². The number of nitrogens with two attached hydrogens (primary N) is 2. The molecule has 2 aromatic rings. The second kappa shape index (κ2) is 10.0. The lowest BCUT2D eigenvalue weighted by Crippen LogP contribution is -2.17. The predicted octanol–water partition coefficient (Wildman–Crippen LogP) is 4.65. The number of anilines is 4. The molecule has 1 aliphatic carbocycles. The first-order valence-electron chi connectivity index (χ1n) is 10.5. The van der Waals surface area contributed by atoms with Crippen LogP contribution < -0.4 is 22.1 Å². The molecule has 2 aromatic carbocycles. The Morgan fingerprint density at radius 1 is 1.00 bits per heavy atom. The maximum absolute atomic E-state index is 12.5. The van der Waals surface area contributed by atoms with Crippen molar-refractivity contribution in [2.75, 3.05) is 28.7 Å². The van der Waals surface area contributed by atoms with E-state index >= 15 is 0 Å². The molecule has 1 fully saturated rings. The molecule has 1 aliphatic rings. The molecule has 3 rings (SSSR count). The van der Waals surface area contributed by atoms with Crippen LogP contribution in [0.5, 0.6) is 0 Å². The molecule has 30 heavy (non-hydrogen) atoms. The highest BCUT2D eigenvalue weighted by Gasteiger charge is 2.16. The van der Waals surface area contributed by atoms with Gasteiger partial charge in [-0.05, 0) is 48.9 Å². The van der Waals surface area contributed by atoms with Crippen LogP contribution in [-0.4, -0.2) is 18.6 Å². The number of nitrogen functional groups attached to an aromatic ring is 2. The Kier molecular flexibility index (Phi) is 7.17. The molecule has 6 N–H and O–H groups in total. The number of ether oxygens (including phenoxy) is 1. The minimum Gasteiger partial charge on any atom is -0.450 e. The minimum absolute atomic E-state index is 0.162. The topological polar surface area (TPSA) is 119 Å². The summed E-state index contributed by atoms with van der Waals surface area (Å²) in [6, 6.07) is 11.5. The molecule has 0 radical (unpaired) electrons. The quantitative estimate of drug-likeness (QED) is 0.517. The van der Waals surface area contributed by atoms with Crippen molar-refractivity contribution in [1.29, 1.82) is 0 Å². The average Bonchev–Trinajstić information content (AvgIpc) is 2.72. The Morgan fingerprint density at radius 2 is 1.63 bits per heavy atom. The van der Waals surface area contributed by atoms with E-state index in [9.17, 15) is 9.59 Å². The Morgan fingerprint density at radius 3 is 2.23 bits per heavy atom. The van der Waals surface area contributed by atoms with E-state index in [1.165, 1.54) is 37.7 Å². The van der Waals surface area contributed by atoms with Gasteiger partial charge in [0.1, 0.15) is 0 Å². The van der Waals surface area contributed by atoms with Crippen LogP contribution >= 0.6 is 0 Å². The van der Waals surface area contributed by atoms with Crippen LogP contribution in [-0.2, 0) is 16.0 Å². The van der Waals surface area contributed by atoms with E-state index in [4.69, 9.17) is 16.2 Å². The molecule has 7 heteroatoms. The number of hydrogen-bond acceptors (Lipinski definition) is 5. The normalized spacial score (nSPS) is 14.2. The molecule has 0 bridgehead atoms. The van der Waals surface area contributed by atoms with Crippen molar-refractivity contribution >= 4 is 34.7 Å². The first-order valence-corrected chi connectivity index (χ1v) is 10.5. The van der Waals surface area contributed by atoms with Gasteiger partial charge in [-0.15, -0.1) is 0 Å². The Balaban J connectivity index is 1.59. The third-order valence-corrected chi connectivity index (χ3v) is 5.41. The Labute approximate surface area is 177 Å². The van der Waals surface area contributed by atoms with E-state index in [0.29, 0.717) is 11.6 Å². The summed E-state index contributed by atoms with van der Waals surface area (Å²) in [4.78, 5) is 24.0. The fourth-order valence-corrected chi connectivity index (χ4v) is 3.91. The SMILES string of the molecule is CCOC(=O)Nc1c(N)cc(NC(=O)Cc2ccc(C3CCCCC3)cc2)cc1N. The molecular weight excluding hydrogens is 380 g/mol. The molecule has 0 unspecified atom stereocenters. The van der Waals surface area contributed by atoms with E-state index in [1.54, 1.807) is 19.1 Å². The largest absolute Gasteiger partial charge is 0.450 e. The molecule has 0 atom stereocenters. The maximum Gasteiger partial charge on any atom is 0.411 e. The van der Waals surface area contributed by atoms with Crippen LogP contribution in [0.3, 0.4) is 0 Å². The molecule has 0 saturated heterocycles. The van der Waals surface area contributed by atoms with Crippen LogP contribution in [0.2, 0.25) is 0 Å². The zero-order valence-electron chi connectivity index (χ0n) is 17.4. The van der Waals surface area contributed by atoms with Gasteiger partial charge in [-0.25, -0.2) is 4.79 Å². The van der Waals surface area contributed by atoms with E-state index < -0.39 is 6.09 Å². The fraction of sp³-hybridized carbons (Fsp3) is 0.391.